The van der Waals surface area contributed by atoms with Gasteiger partial charge < -0.3 is 10.4 Å². The molecule has 5 nitrogen and oxygen atoms in total. The summed E-state index contributed by atoms with van der Waals surface area (Å²) in [7, 11) is 0. The lowest BCUT2D eigenvalue weighted by Gasteiger charge is -2.32. The molecule has 1 saturated carbocycles. The van der Waals surface area contributed by atoms with Crippen LogP contribution in [0.5, 0.6) is 0 Å². The summed E-state index contributed by atoms with van der Waals surface area (Å²) in [5.74, 6) is 0. The van der Waals surface area contributed by atoms with Crippen LogP contribution in [0, 0.1) is 0 Å². The second-order valence-electron chi connectivity index (χ2n) is 4.80. The minimum absolute atomic E-state index is 0.135. The van der Waals surface area contributed by atoms with Crippen molar-refractivity contribution in [3.8, 4) is 0 Å². The van der Waals surface area contributed by atoms with Gasteiger partial charge in [-0.05, 0) is 12.8 Å². The van der Waals surface area contributed by atoms with Crippen LogP contribution in [0.4, 0.5) is 13.2 Å². The molecule has 1 heterocycles. The number of hydrogen-bond acceptors (Lipinski definition) is 4. The molecule has 0 bridgehead atoms. The molecule has 2 rings (SSSR count). The van der Waals surface area contributed by atoms with E-state index in [1.165, 1.54) is 0 Å². The molecule has 0 radical (unpaired) electrons. The first-order valence-corrected chi connectivity index (χ1v) is 6.31. The molecule has 0 unspecified atom stereocenters. The van der Waals surface area contributed by atoms with Crippen molar-refractivity contribution in [1.29, 1.82) is 0 Å². The maximum atomic E-state index is 12.3. The van der Waals surface area contributed by atoms with Crippen molar-refractivity contribution >= 4 is 0 Å². The van der Waals surface area contributed by atoms with Crippen molar-refractivity contribution in [2.24, 2.45) is 0 Å². The summed E-state index contributed by atoms with van der Waals surface area (Å²) < 4.78 is 38.4. The van der Waals surface area contributed by atoms with E-state index in [-0.39, 0.29) is 18.7 Å². The molecular formula is C11H17F3N4O. The van der Waals surface area contributed by atoms with Gasteiger partial charge in [-0.2, -0.15) is 13.2 Å². The molecule has 1 aromatic heterocycles. The molecule has 2 atom stereocenters. The highest BCUT2D eigenvalue weighted by molar-refractivity contribution is 4.94. The standard InChI is InChI=1S/C11H17F3N4O/c12-11(13,14)7-15-9-3-1-2-4-10(9)18-5-8(6-19)16-17-18/h5,9-10,15,19H,1-4,6-7H2/t9-,10+/m0/s1. The Labute approximate surface area is 108 Å². The molecule has 1 fully saturated rings. The Morgan fingerprint density at radius 3 is 2.74 bits per heavy atom. The fraction of sp³-hybridized carbons (Fsp3) is 0.818. The summed E-state index contributed by atoms with van der Waals surface area (Å²) in [5, 5.41) is 19.2. The highest BCUT2D eigenvalue weighted by atomic mass is 19.4. The number of nitrogens with one attached hydrogen (secondary N) is 1. The Hall–Kier alpha value is -1.15. The van der Waals surface area contributed by atoms with Crippen LogP contribution in [0.2, 0.25) is 0 Å². The third kappa shape index (κ3) is 3.90. The molecule has 1 aliphatic carbocycles. The first-order chi connectivity index (χ1) is 8.99. The van der Waals surface area contributed by atoms with Gasteiger partial charge in [0, 0.05) is 6.04 Å². The third-order valence-corrected chi connectivity index (χ3v) is 3.35. The van der Waals surface area contributed by atoms with Crippen molar-refractivity contribution in [3.05, 3.63) is 11.9 Å². The van der Waals surface area contributed by atoms with Crippen LogP contribution in [0.25, 0.3) is 0 Å². The van der Waals surface area contributed by atoms with Gasteiger partial charge in [0.1, 0.15) is 5.69 Å². The normalized spacial score (nSPS) is 24.6. The Morgan fingerprint density at radius 2 is 2.11 bits per heavy atom. The van der Waals surface area contributed by atoms with Crippen LogP contribution >= 0.6 is 0 Å². The molecule has 0 aliphatic heterocycles. The number of hydrogen-bond donors (Lipinski definition) is 2. The summed E-state index contributed by atoms with van der Waals surface area (Å²) in [4.78, 5) is 0. The fourth-order valence-corrected chi connectivity index (χ4v) is 2.46. The quantitative estimate of drug-likeness (QED) is 0.874. The van der Waals surface area contributed by atoms with Gasteiger partial charge in [0.15, 0.2) is 0 Å². The van der Waals surface area contributed by atoms with Crippen molar-refractivity contribution in [3.63, 3.8) is 0 Å². The highest BCUT2D eigenvalue weighted by Crippen LogP contribution is 2.28. The Morgan fingerprint density at radius 1 is 1.37 bits per heavy atom. The molecule has 2 N–H and O–H groups in total. The Bertz CT molecular complexity index is 407. The van der Waals surface area contributed by atoms with Crippen molar-refractivity contribution in [1.82, 2.24) is 20.3 Å². The second-order valence-corrected chi connectivity index (χ2v) is 4.80. The largest absolute Gasteiger partial charge is 0.401 e. The second kappa shape index (κ2) is 5.87. The molecule has 8 heteroatoms. The average Bonchev–Trinajstić information content (AvgIpc) is 2.84. The fourth-order valence-electron chi connectivity index (χ4n) is 2.46. The predicted molar refractivity (Wildman–Crippen MR) is 61.3 cm³/mol. The lowest BCUT2D eigenvalue weighted by Crippen LogP contribution is -2.44. The SMILES string of the molecule is OCc1cn([C@@H]2CCCC[C@@H]2NCC(F)(F)F)nn1. The van der Waals surface area contributed by atoms with E-state index in [2.05, 4.69) is 15.6 Å². The van der Waals surface area contributed by atoms with E-state index in [0.717, 1.165) is 19.3 Å². The molecule has 108 valence electrons. The van der Waals surface area contributed by atoms with Gasteiger partial charge in [-0.25, -0.2) is 4.68 Å². The minimum atomic E-state index is -4.21. The first-order valence-electron chi connectivity index (χ1n) is 6.31. The predicted octanol–water partition coefficient (Wildman–Crippen LogP) is 1.41. The zero-order valence-corrected chi connectivity index (χ0v) is 10.4. The van der Waals surface area contributed by atoms with Crippen molar-refractivity contribution < 1.29 is 18.3 Å². The number of nitrogens with zero attached hydrogens (tertiary/aromatic N) is 3. The number of aromatic nitrogens is 3. The summed E-state index contributed by atoms with van der Waals surface area (Å²) in [5.41, 5.74) is 0.431. The van der Waals surface area contributed by atoms with Crippen LogP contribution in [0.1, 0.15) is 37.4 Å². The molecule has 1 aromatic rings. The maximum Gasteiger partial charge on any atom is 0.401 e. The van der Waals surface area contributed by atoms with Gasteiger partial charge in [-0.1, -0.05) is 18.1 Å². The number of aliphatic hydroxyl groups is 1. The molecule has 0 aromatic carbocycles. The maximum absolute atomic E-state index is 12.3. The Balaban J connectivity index is 2.03. The summed E-state index contributed by atoms with van der Waals surface area (Å²) in [6.07, 6.45) is 0.717. The van der Waals surface area contributed by atoms with Gasteiger partial charge in [-0.3, -0.25) is 0 Å². The zero-order valence-electron chi connectivity index (χ0n) is 10.4. The van der Waals surface area contributed by atoms with Crippen molar-refractivity contribution in [2.45, 2.75) is 50.6 Å². The monoisotopic (exact) mass is 278 g/mol. The first kappa shape index (κ1) is 14.3. The van der Waals surface area contributed by atoms with E-state index in [1.807, 2.05) is 0 Å². The number of alkyl halides is 3. The van der Waals surface area contributed by atoms with E-state index >= 15 is 0 Å². The highest BCUT2D eigenvalue weighted by Gasteiger charge is 2.32. The molecule has 0 saturated heterocycles. The minimum Gasteiger partial charge on any atom is -0.390 e. The third-order valence-electron chi connectivity index (χ3n) is 3.35. The number of aliphatic hydroxyl groups excluding tert-OH is 1. The lowest BCUT2D eigenvalue weighted by atomic mass is 9.90. The van der Waals surface area contributed by atoms with Gasteiger partial charge in [0.2, 0.25) is 0 Å². The van der Waals surface area contributed by atoms with Gasteiger partial charge in [0.25, 0.3) is 0 Å². The van der Waals surface area contributed by atoms with Crippen molar-refractivity contribution in [2.75, 3.05) is 6.54 Å². The zero-order chi connectivity index (χ0) is 13.9. The van der Waals surface area contributed by atoms with Crippen LogP contribution < -0.4 is 5.32 Å². The van der Waals surface area contributed by atoms with E-state index in [9.17, 15) is 13.2 Å². The molecule has 0 amide bonds. The van der Waals surface area contributed by atoms with E-state index < -0.39 is 12.7 Å². The van der Waals surface area contributed by atoms with Crippen LogP contribution in [-0.4, -0.2) is 38.9 Å². The van der Waals surface area contributed by atoms with E-state index in [1.54, 1.807) is 10.9 Å². The number of halogens is 3. The molecular weight excluding hydrogens is 261 g/mol. The van der Waals surface area contributed by atoms with Gasteiger partial charge in [0.05, 0.1) is 25.4 Å². The van der Waals surface area contributed by atoms with Crippen LogP contribution in [0.3, 0.4) is 0 Å². The molecule has 0 spiro atoms. The topological polar surface area (TPSA) is 63.0 Å². The number of rotatable bonds is 4. The van der Waals surface area contributed by atoms with Gasteiger partial charge >= 0.3 is 6.18 Å². The lowest BCUT2D eigenvalue weighted by molar-refractivity contribution is -0.127. The Kier molecular flexibility index (Phi) is 4.41. The summed E-state index contributed by atoms with van der Waals surface area (Å²) >= 11 is 0. The average molecular weight is 278 g/mol. The van der Waals surface area contributed by atoms with Gasteiger partial charge in [-0.15, -0.1) is 5.10 Å². The van der Waals surface area contributed by atoms with E-state index in [4.69, 9.17) is 5.11 Å². The van der Waals surface area contributed by atoms with E-state index in [0.29, 0.717) is 12.1 Å². The molecule has 1 aliphatic rings. The van der Waals surface area contributed by atoms with Crippen LogP contribution in [0.15, 0.2) is 6.20 Å². The molecule has 19 heavy (non-hydrogen) atoms. The van der Waals surface area contributed by atoms with Crippen LogP contribution in [-0.2, 0) is 6.61 Å². The summed E-state index contributed by atoms with van der Waals surface area (Å²) in [6.45, 7) is -1.21. The smallest absolute Gasteiger partial charge is 0.390 e. The summed E-state index contributed by atoms with van der Waals surface area (Å²) in [6, 6.07) is -0.396.